The van der Waals surface area contributed by atoms with E-state index in [9.17, 15) is 24.1 Å². The minimum absolute atomic E-state index is 0.0179. The van der Waals surface area contributed by atoms with Crippen LogP contribution >= 0.6 is 7.60 Å². The third-order valence-corrected chi connectivity index (χ3v) is 7.16. The van der Waals surface area contributed by atoms with Crippen molar-refractivity contribution in [3.05, 3.63) is 35.9 Å². The molecule has 2 amide bonds. The standard InChI is InChI=1S/C23H38N3O9P/c1-15(2)19(26-21(29)33-14-16-10-8-7-9-11-16)36(31,32-6)35-17(20(27)28)12-13-18(24)25-22(30)34-23(3,4)5/h7-11,15,17-19H,12-14,24H2,1-6H3,(H,25,30)(H,26,29)(H,27,28). The van der Waals surface area contributed by atoms with Gasteiger partial charge in [0.15, 0.2) is 6.10 Å². The van der Waals surface area contributed by atoms with Crippen molar-refractivity contribution in [1.82, 2.24) is 10.6 Å². The van der Waals surface area contributed by atoms with E-state index in [-0.39, 0.29) is 19.4 Å². The van der Waals surface area contributed by atoms with Crippen LogP contribution in [0.1, 0.15) is 53.0 Å². The average molecular weight is 532 g/mol. The second-order valence-corrected chi connectivity index (χ2v) is 11.6. The number of ether oxygens (including phenoxy) is 2. The molecule has 0 heterocycles. The van der Waals surface area contributed by atoms with E-state index in [4.69, 9.17) is 24.3 Å². The van der Waals surface area contributed by atoms with Crippen LogP contribution < -0.4 is 16.4 Å². The van der Waals surface area contributed by atoms with Crippen molar-refractivity contribution in [3.63, 3.8) is 0 Å². The average Bonchev–Trinajstić information content (AvgIpc) is 2.77. The molecule has 4 unspecified atom stereocenters. The molecular formula is C23H38N3O9P. The molecule has 0 aliphatic carbocycles. The lowest BCUT2D eigenvalue weighted by atomic mass is 10.1. The van der Waals surface area contributed by atoms with Gasteiger partial charge in [-0.15, -0.1) is 0 Å². The fourth-order valence-corrected chi connectivity index (χ4v) is 4.97. The summed E-state index contributed by atoms with van der Waals surface area (Å²) in [5.74, 6) is -3.07. The maximum absolute atomic E-state index is 13.5. The highest BCUT2D eigenvalue weighted by molar-refractivity contribution is 7.54. The Morgan fingerprint density at radius 1 is 1.06 bits per heavy atom. The van der Waals surface area contributed by atoms with Crippen molar-refractivity contribution >= 4 is 25.8 Å². The molecule has 36 heavy (non-hydrogen) atoms. The van der Waals surface area contributed by atoms with Crippen molar-refractivity contribution in [2.24, 2.45) is 11.7 Å². The Bertz CT molecular complexity index is 906. The minimum Gasteiger partial charge on any atom is -0.479 e. The molecule has 0 aliphatic heterocycles. The van der Waals surface area contributed by atoms with E-state index >= 15 is 0 Å². The number of nitrogens with one attached hydrogen (secondary N) is 2. The molecular weight excluding hydrogens is 493 g/mol. The smallest absolute Gasteiger partial charge is 0.408 e. The van der Waals surface area contributed by atoms with Gasteiger partial charge in [0.25, 0.3) is 0 Å². The van der Waals surface area contributed by atoms with Crippen LogP contribution in [0, 0.1) is 5.92 Å². The lowest BCUT2D eigenvalue weighted by Gasteiger charge is -2.31. The van der Waals surface area contributed by atoms with E-state index < -0.39 is 55.3 Å². The predicted molar refractivity (Wildman–Crippen MR) is 132 cm³/mol. The maximum Gasteiger partial charge on any atom is 0.408 e. The lowest BCUT2D eigenvalue weighted by Crippen LogP contribution is -2.45. The summed E-state index contributed by atoms with van der Waals surface area (Å²) in [5.41, 5.74) is 5.88. The number of rotatable bonds is 13. The number of carboxylic acids is 1. The number of aliphatic carboxylic acids is 1. The monoisotopic (exact) mass is 531 g/mol. The van der Waals surface area contributed by atoms with E-state index in [2.05, 4.69) is 10.6 Å². The minimum atomic E-state index is -4.19. The van der Waals surface area contributed by atoms with Gasteiger partial charge in [0.1, 0.15) is 18.0 Å². The number of amides is 2. The number of alkyl carbamates (subject to hydrolysis) is 2. The van der Waals surface area contributed by atoms with Gasteiger partial charge in [-0.25, -0.2) is 14.4 Å². The van der Waals surface area contributed by atoms with Crippen LogP contribution in [0.5, 0.6) is 0 Å². The Balaban J connectivity index is 2.82. The second-order valence-electron chi connectivity index (χ2n) is 9.38. The fourth-order valence-electron chi connectivity index (χ4n) is 2.98. The molecule has 1 aromatic rings. The van der Waals surface area contributed by atoms with E-state index in [0.29, 0.717) is 0 Å². The summed E-state index contributed by atoms with van der Waals surface area (Å²) in [6, 6.07) is 8.96. The first-order valence-electron chi connectivity index (χ1n) is 11.5. The summed E-state index contributed by atoms with van der Waals surface area (Å²) in [6.45, 7) is 8.36. The van der Waals surface area contributed by atoms with E-state index in [1.165, 1.54) is 0 Å². The highest BCUT2D eigenvalue weighted by Crippen LogP contribution is 2.55. The van der Waals surface area contributed by atoms with Crippen LogP contribution in [0.15, 0.2) is 30.3 Å². The zero-order valence-electron chi connectivity index (χ0n) is 21.6. The van der Waals surface area contributed by atoms with Crippen LogP contribution in [-0.4, -0.2) is 54.0 Å². The molecule has 204 valence electrons. The normalized spacial score (nSPS) is 15.8. The van der Waals surface area contributed by atoms with Gasteiger partial charge in [0, 0.05) is 7.11 Å². The first-order valence-corrected chi connectivity index (χ1v) is 13.1. The van der Waals surface area contributed by atoms with E-state index in [1.54, 1.807) is 58.9 Å². The van der Waals surface area contributed by atoms with Crippen LogP contribution in [0.3, 0.4) is 0 Å². The number of carboxylic acid groups (broad SMARTS) is 1. The number of carbonyl (C=O) groups excluding carboxylic acids is 2. The first kappa shape index (κ1) is 31.4. The molecule has 0 radical (unpaired) electrons. The lowest BCUT2D eigenvalue weighted by molar-refractivity contribution is -0.146. The summed E-state index contributed by atoms with van der Waals surface area (Å²) in [6.07, 6.45) is -4.40. The molecule has 0 saturated heterocycles. The topological polar surface area (TPSA) is 176 Å². The molecule has 0 bridgehead atoms. The molecule has 1 aromatic carbocycles. The molecule has 13 heteroatoms. The van der Waals surface area contributed by atoms with E-state index in [0.717, 1.165) is 12.7 Å². The van der Waals surface area contributed by atoms with Gasteiger partial charge in [-0.1, -0.05) is 44.2 Å². The van der Waals surface area contributed by atoms with E-state index in [1.807, 2.05) is 6.07 Å². The van der Waals surface area contributed by atoms with Crippen molar-refractivity contribution in [1.29, 1.82) is 0 Å². The summed E-state index contributed by atoms with van der Waals surface area (Å²) >= 11 is 0. The zero-order valence-corrected chi connectivity index (χ0v) is 22.4. The molecule has 5 N–H and O–H groups in total. The Morgan fingerprint density at radius 2 is 1.67 bits per heavy atom. The van der Waals surface area contributed by atoms with Crippen molar-refractivity contribution < 1.29 is 42.6 Å². The van der Waals surface area contributed by atoms with Crippen molar-refractivity contribution in [3.8, 4) is 0 Å². The third kappa shape index (κ3) is 11.4. The highest BCUT2D eigenvalue weighted by atomic mass is 31.2. The molecule has 4 atom stereocenters. The Hall–Kier alpha value is -2.66. The third-order valence-electron chi connectivity index (χ3n) is 4.70. The molecule has 12 nitrogen and oxygen atoms in total. The highest BCUT2D eigenvalue weighted by Gasteiger charge is 2.42. The second kappa shape index (κ2) is 14.2. The van der Waals surface area contributed by atoms with Gasteiger partial charge in [-0.3, -0.25) is 9.09 Å². The fraction of sp³-hybridized carbons (Fsp3) is 0.609. The van der Waals surface area contributed by atoms with Gasteiger partial charge in [0.05, 0.1) is 6.17 Å². The molecule has 0 fully saturated rings. The quantitative estimate of drug-likeness (QED) is 0.216. The summed E-state index contributed by atoms with van der Waals surface area (Å²) in [7, 11) is -3.09. The summed E-state index contributed by atoms with van der Waals surface area (Å²) in [5, 5.41) is 14.5. The SMILES string of the molecule is COP(=O)(OC(CCC(N)NC(=O)OC(C)(C)C)C(=O)O)C(NC(=O)OCc1ccccc1)C(C)C. The van der Waals surface area contributed by atoms with Crippen molar-refractivity contribution in [2.75, 3.05) is 7.11 Å². The van der Waals surface area contributed by atoms with Gasteiger partial charge in [-0.2, -0.15) is 0 Å². The Kier molecular flexibility index (Phi) is 12.4. The predicted octanol–water partition coefficient (Wildman–Crippen LogP) is 3.79. The van der Waals surface area contributed by atoms with Gasteiger partial charge >= 0.3 is 25.8 Å². The molecule has 0 saturated carbocycles. The Morgan fingerprint density at radius 3 is 2.17 bits per heavy atom. The summed E-state index contributed by atoms with van der Waals surface area (Å²) in [4.78, 5) is 36.1. The van der Waals surface area contributed by atoms with Crippen LogP contribution in [0.25, 0.3) is 0 Å². The zero-order chi connectivity index (χ0) is 27.5. The van der Waals surface area contributed by atoms with Gasteiger partial charge in [-0.05, 0) is 45.1 Å². The molecule has 0 aliphatic rings. The first-order chi connectivity index (χ1) is 16.7. The molecule has 0 spiro atoms. The number of nitrogens with two attached hydrogens (primary N) is 1. The maximum atomic E-state index is 13.5. The summed E-state index contributed by atoms with van der Waals surface area (Å²) < 4.78 is 34.4. The Labute approximate surface area is 211 Å². The van der Waals surface area contributed by atoms with Crippen molar-refractivity contribution in [2.45, 2.75) is 77.7 Å². The van der Waals surface area contributed by atoms with Crippen LogP contribution in [-0.2, 0) is 34.5 Å². The number of benzene rings is 1. The number of hydrogen-bond donors (Lipinski definition) is 4. The number of carbonyl (C=O) groups is 3. The molecule has 0 aromatic heterocycles. The van der Waals surface area contributed by atoms with Gasteiger partial charge < -0.3 is 35.5 Å². The van der Waals surface area contributed by atoms with Gasteiger partial charge in [0.2, 0.25) is 0 Å². The van der Waals surface area contributed by atoms with Crippen LogP contribution in [0.4, 0.5) is 9.59 Å². The largest absolute Gasteiger partial charge is 0.479 e. The van der Waals surface area contributed by atoms with Crippen LogP contribution in [0.2, 0.25) is 0 Å². The molecule has 1 rings (SSSR count). The number of hydrogen-bond acceptors (Lipinski definition) is 9.